The number of rotatable bonds is 3. The van der Waals surface area contributed by atoms with E-state index in [4.69, 9.17) is 0 Å². The number of thiazole rings is 1. The van der Waals surface area contributed by atoms with Crippen LogP contribution in [0.3, 0.4) is 0 Å². The molecule has 0 radical (unpaired) electrons. The van der Waals surface area contributed by atoms with Crippen LogP contribution in [-0.4, -0.2) is 10.1 Å². The lowest BCUT2D eigenvalue weighted by Crippen LogP contribution is -2.04. The Kier molecular flexibility index (Phi) is 4.40. The normalized spacial score (nSPS) is 12.7. The summed E-state index contributed by atoms with van der Waals surface area (Å²) < 4.78 is 1.15. The summed E-state index contributed by atoms with van der Waals surface area (Å²) in [6.07, 6.45) is 0.125. The Bertz CT molecular complexity index is 545. The van der Waals surface area contributed by atoms with Crippen molar-refractivity contribution >= 4 is 33.9 Å². The summed E-state index contributed by atoms with van der Waals surface area (Å²) in [4.78, 5) is 5.72. The van der Waals surface area contributed by atoms with E-state index >= 15 is 0 Å². The van der Waals surface area contributed by atoms with Crippen LogP contribution in [0.5, 0.6) is 0 Å². The third-order valence-corrected chi connectivity index (χ3v) is 5.59. The maximum absolute atomic E-state index is 10.3. The molecule has 2 rings (SSSR count). The Morgan fingerprint density at radius 2 is 2.06 bits per heavy atom. The number of hydrogen-bond donors (Lipinski definition) is 1. The predicted octanol–water partition coefficient (Wildman–Crippen LogP) is 3.95. The van der Waals surface area contributed by atoms with Crippen LogP contribution < -0.4 is 0 Å². The molecule has 2 aromatic rings. The number of halogens is 1. The molecule has 1 N–H and O–H groups in total. The van der Waals surface area contributed by atoms with E-state index < -0.39 is 6.10 Å². The summed E-state index contributed by atoms with van der Waals surface area (Å²) >= 11 is 3.97. The third-order valence-electron chi connectivity index (χ3n) is 3.02. The summed E-state index contributed by atoms with van der Waals surface area (Å²) in [7, 11) is 0. The molecular weight excluding hydrogens is 357 g/mol. The Labute approximate surface area is 125 Å². The van der Waals surface area contributed by atoms with Crippen LogP contribution >= 0.6 is 33.9 Å². The second-order valence-electron chi connectivity index (χ2n) is 4.45. The number of hydrogen-bond acceptors (Lipinski definition) is 3. The number of aryl methyl sites for hydroxylation is 3. The first-order chi connectivity index (χ1) is 8.49. The molecule has 0 amide bonds. The standard InChI is InChI=1S/C14H16INOS/c1-8-5-4-6-11(14(8)15)12(17)7-13-16-9(2)10(3)18-13/h4-6,12,17H,7H2,1-3H3. The van der Waals surface area contributed by atoms with Crippen LogP contribution in [0.2, 0.25) is 0 Å². The van der Waals surface area contributed by atoms with Gasteiger partial charge in [-0.25, -0.2) is 4.98 Å². The molecular formula is C14H16INOS. The molecule has 4 heteroatoms. The lowest BCUT2D eigenvalue weighted by atomic mass is 10.0. The second kappa shape index (κ2) is 5.67. The van der Waals surface area contributed by atoms with E-state index in [0.29, 0.717) is 6.42 Å². The summed E-state index contributed by atoms with van der Waals surface area (Å²) in [5.74, 6) is 0. The highest BCUT2D eigenvalue weighted by atomic mass is 127. The van der Waals surface area contributed by atoms with Gasteiger partial charge < -0.3 is 5.11 Å². The van der Waals surface area contributed by atoms with Gasteiger partial charge in [0.1, 0.15) is 0 Å². The smallest absolute Gasteiger partial charge is 0.0960 e. The zero-order chi connectivity index (χ0) is 13.3. The van der Waals surface area contributed by atoms with Gasteiger partial charge in [0.05, 0.1) is 16.8 Å². The van der Waals surface area contributed by atoms with Crippen molar-refractivity contribution in [2.45, 2.75) is 33.3 Å². The number of aliphatic hydroxyl groups is 1. The molecule has 2 nitrogen and oxygen atoms in total. The minimum atomic E-state index is -0.471. The van der Waals surface area contributed by atoms with E-state index in [0.717, 1.165) is 19.8 Å². The van der Waals surface area contributed by atoms with Gasteiger partial charge in [-0.3, -0.25) is 0 Å². The zero-order valence-corrected chi connectivity index (χ0v) is 13.7. The van der Waals surface area contributed by atoms with Gasteiger partial charge in [-0.05, 0) is 54.5 Å². The Morgan fingerprint density at radius 1 is 1.33 bits per heavy atom. The molecule has 1 aromatic carbocycles. The van der Waals surface area contributed by atoms with Crippen molar-refractivity contribution in [2.75, 3.05) is 0 Å². The maximum Gasteiger partial charge on any atom is 0.0960 e. The number of nitrogens with zero attached hydrogens (tertiary/aromatic N) is 1. The fourth-order valence-corrected chi connectivity index (χ4v) is 3.52. The van der Waals surface area contributed by atoms with Crippen LogP contribution in [0.15, 0.2) is 18.2 Å². The molecule has 1 unspecified atom stereocenters. The molecule has 0 aliphatic heterocycles. The Morgan fingerprint density at radius 3 is 2.67 bits per heavy atom. The van der Waals surface area contributed by atoms with Crippen LogP contribution in [0.25, 0.3) is 0 Å². The lowest BCUT2D eigenvalue weighted by Gasteiger charge is -2.13. The van der Waals surface area contributed by atoms with Crippen molar-refractivity contribution in [1.82, 2.24) is 4.98 Å². The monoisotopic (exact) mass is 373 g/mol. The van der Waals surface area contributed by atoms with Crippen LogP contribution in [0.4, 0.5) is 0 Å². The van der Waals surface area contributed by atoms with Gasteiger partial charge in [-0.15, -0.1) is 11.3 Å². The van der Waals surface area contributed by atoms with Gasteiger partial charge in [0.2, 0.25) is 0 Å². The summed E-state index contributed by atoms with van der Waals surface area (Å²) in [5.41, 5.74) is 3.28. The molecule has 1 atom stereocenters. The summed E-state index contributed by atoms with van der Waals surface area (Å²) in [5, 5.41) is 11.4. The van der Waals surface area contributed by atoms with Crippen LogP contribution in [-0.2, 0) is 6.42 Å². The first-order valence-electron chi connectivity index (χ1n) is 5.85. The fraction of sp³-hybridized carbons (Fsp3) is 0.357. The highest BCUT2D eigenvalue weighted by Gasteiger charge is 2.15. The number of benzene rings is 1. The molecule has 1 heterocycles. The zero-order valence-electron chi connectivity index (χ0n) is 10.7. The second-order valence-corrected chi connectivity index (χ2v) is 6.81. The highest BCUT2D eigenvalue weighted by Crippen LogP contribution is 2.27. The number of aromatic nitrogens is 1. The van der Waals surface area contributed by atoms with Gasteiger partial charge in [-0.2, -0.15) is 0 Å². The highest BCUT2D eigenvalue weighted by molar-refractivity contribution is 14.1. The topological polar surface area (TPSA) is 33.1 Å². The minimum Gasteiger partial charge on any atom is -0.388 e. The van der Waals surface area contributed by atoms with E-state index in [1.807, 2.05) is 19.1 Å². The maximum atomic E-state index is 10.3. The van der Waals surface area contributed by atoms with Gasteiger partial charge in [0, 0.05) is 14.9 Å². The van der Waals surface area contributed by atoms with Crippen molar-refractivity contribution in [3.05, 3.63) is 48.5 Å². The van der Waals surface area contributed by atoms with Crippen molar-refractivity contribution < 1.29 is 5.11 Å². The average molecular weight is 373 g/mol. The molecule has 0 saturated carbocycles. The molecule has 0 spiro atoms. The van der Waals surface area contributed by atoms with Gasteiger partial charge in [0.15, 0.2) is 0 Å². The van der Waals surface area contributed by atoms with E-state index in [-0.39, 0.29) is 0 Å². The van der Waals surface area contributed by atoms with Gasteiger partial charge in [-0.1, -0.05) is 18.2 Å². The molecule has 0 fully saturated rings. The lowest BCUT2D eigenvalue weighted by molar-refractivity contribution is 0.177. The van der Waals surface area contributed by atoms with Crippen molar-refractivity contribution in [2.24, 2.45) is 0 Å². The van der Waals surface area contributed by atoms with Crippen molar-refractivity contribution in [1.29, 1.82) is 0 Å². The summed E-state index contributed by atoms with van der Waals surface area (Å²) in [6.45, 7) is 6.15. The van der Waals surface area contributed by atoms with Gasteiger partial charge in [0.25, 0.3) is 0 Å². The Hall–Kier alpha value is -0.460. The van der Waals surface area contributed by atoms with Crippen LogP contribution in [0.1, 0.15) is 32.8 Å². The predicted molar refractivity (Wildman–Crippen MR) is 84.1 cm³/mol. The van der Waals surface area contributed by atoms with E-state index in [1.165, 1.54) is 10.4 Å². The molecule has 0 bridgehead atoms. The first-order valence-corrected chi connectivity index (χ1v) is 7.74. The van der Waals surface area contributed by atoms with Gasteiger partial charge >= 0.3 is 0 Å². The Balaban J connectivity index is 2.21. The molecule has 18 heavy (non-hydrogen) atoms. The quantitative estimate of drug-likeness (QED) is 0.827. The number of aliphatic hydroxyl groups excluding tert-OH is 1. The van der Waals surface area contributed by atoms with E-state index in [2.05, 4.69) is 47.5 Å². The van der Waals surface area contributed by atoms with Crippen LogP contribution in [0, 0.1) is 24.3 Å². The molecule has 0 aliphatic rings. The molecule has 96 valence electrons. The molecule has 0 aliphatic carbocycles. The SMILES string of the molecule is Cc1cccc(C(O)Cc2nc(C)c(C)s2)c1I. The average Bonchev–Trinajstić information content (AvgIpc) is 2.61. The molecule has 0 saturated heterocycles. The fourth-order valence-electron chi connectivity index (χ4n) is 1.83. The first kappa shape index (κ1) is 14.0. The molecule has 1 aromatic heterocycles. The van der Waals surface area contributed by atoms with Crippen molar-refractivity contribution in [3.8, 4) is 0 Å². The minimum absolute atomic E-state index is 0.471. The largest absolute Gasteiger partial charge is 0.388 e. The summed E-state index contributed by atoms with van der Waals surface area (Å²) in [6, 6.07) is 6.05. The van der Waals surface area contributed by atoms with E-state index in [9.17, 15) is 5.11 Å². The third kappa shape index (κ3) is 2.92. The van der Waals surface area contributed by atoms with E-state index in [1.54, 1.807) is 11.3 Å². The van der Waals surface area contributed by atoms with Crippen molar-refractivity contribution in [3.63, 3.8) is 0 Å².